The SMILES string of the molecule is CC(=O)OCNC(=O)c1c(N=C=O)cc(C)c(N=C=O)c1C(F)(F)C(F)(F)C(F)(F)C(F)(F)C(F)(F)C(F)(F)C(F)(F)C(F)(F)C(F)(F)C(F)(F)F. The van der Waals surface area contributed by atoms with E-state index in [1.807, 2.05) is 0 Å². The van der Waals surface area contributed by atoms with Crippen molar-refractivity contribution in [3.8, 4) is 0 Å². The minimum absolute atomic E-state index is 0.111. The summed E-state index contributed by atoms with van der Waals surface area (Å²) in [6, 6.07) is 0.111. The van der Waals surface area contributed by atoms with Gasteiger partial charge in [-0.15, -0.1) is 0 Å². The molecular weight excluding hydrogens is 797 g/mol. The number of isocyanates is 2. The summed E-state index contributed by atoms with van der Waals surface area (Å²) in [5, 5.41) is 1.21. The van der Waals surface area contributed by atoms with Crippen LogP contribution in [-0.2, 0) is 25.0 Å². The third kappa shape index (κ3) is 6.40. The quantitative estimate of drug-likeness (QED) is 0.0675. The summed E-state index contributed by atoms with van der Waals surface area (Å²) < 4.78 is 297. The molecule has 0 heterocycles. The van der Waals surface area contributed by atoms with E-state index < -0.39 is 106 Å². The number of rotatable bonds is 14. The number of halogens is 21. The Labute approximate surface area is 270 Å². The number of carbonyl (C=O) groups excluding carboxylic acids is 4. The highest BCUT2D eigenvalue weighted by molar-refractivity contribution is 6.03. The number of nitrogens with zero attached hydrogens (tertiary/aromatic N) is 2. The van der Waals surface area contributed by atoms with Crippen LogP contribution in [0.3, 0.4) is 0 Å². The number of nitrogens with one attached hydrogen (secondary N) is 1. The molecule has 0 radical (unpaired) electrons. The fourth-order valence-corrected chi connectivity index (χ4v) is 3.66. The van der Waals surface area contributed by atoms with Crippen molar-refractivity contribution in [1.29, 1.82) is 0 Å². The normalized spacial score (nSPS) is 14.3. The molecule has 1 aromatic rings. The molecule has 0 aliphatic heterocycles. The van der Waals surface area contributed by atoms with E-state index in [1.54, 1.807) is 0 Å². The minimum atomic E-state index is -9.45. The third-order valence-electron chi connectivity index (χ3n) is 6.35. The molecule has 8 nitrogen and oxygen atoms in total. The first-order chi connectivity index (χ1) is 22.9. The van der Waals surface area contributed by atoms with E-state index in [-0.39, 0.29) is 12.1 Å². The highest BCUT2D eigenvalue weighted by atomic mass is 19.4. The fraction of sp³-hybridized carbons (Fsp3) is 0.565. The van der Waals surface area contributed by atoms with Gasteiger partial charge in [0.25, 0.3) is 5.91 Å². The van der Waals surface area contributed by atoms with Gasteiger partial charge in [0, 0.05) is 6.92 Å². The van der Waals surface area contributed by atoms with Crippen LogP contribution in [0, 0.1) is 6.92 Å². The predicted octanol–water partition coefficient (Wildman–Crippen LogP) is 7.92. The molecule has 0 saturated carbocycles. The lowest BCUT2D eigenvalue weighted by Gasteiger charge is -2.44. The molecule has 0 aromatic heterocycles. The minimum Gasteiger partial charge on any atom is -0.445 e. The van der Waals surface area contributed by atoms with Crippen molar-refractivity contribution >= 4 is 35.4 Å². The molecule has 0 fully saturated rings. The zero-order valence-electron chi connectivity index (χ0n) is 24.2. The average Bonchev–Trinajstić information content (AvgIpc) is 2.96. The Kier molecular flexibility index (Phi) is 11.8. The van der Waals surface area contributed by atoms with Crippen molar-refractivity contribution in [2.45, 2.75) is 73.3 Å². The van der Waals surface area contributed by atoms with Gasteiger partial charge in [-0.25, -0.2) is 9.59 Å². The Bertz CT molecular complexity index is 1680. The number of aryl methyl sites for hydroxylation is 1. The first-order valence-electron chi connectivity index (χ1n) is 12.1. The van der Waals surface area contributed by atoms with Crippen LogP contribution in [0.1, 0.15) is 28.4 Å². The number of esters is 1. The van der Waals surface area contributed by atoms with E-state index in [0.717, 1.165) is 0 Å². The van der Waals surface area contributed by atoms with Gasteiger partial charge in [0.15, 0.2) is 6.73 Å². The summed E-state index contributed by atoms with van der Waals surface area (Å²) in [6.07, 6.45) is -7.42. The molecule has 52 heavy (non-hydrogen) atoms. The van der Waals surface area contributed by atoms with Crippen LogP contribution in [0.2, 0.25) is 0 Å². The van der Waals surface area contributed by atoms with Crippen molar-refractivity contribution in [2.75, 3.05) is 6.73 Å². The lowest BCUT2D eigenvalue weighted by Crippen LogP contribution is -2.76. The van der Waals surface area contributed by atoms with Crippen molar-refractivity contribution in [3.05, 3.63) is 22.8 Å². The molecule has 0 aliphatic carbocycles. The van der Waals surface area contributed by atoms with E-state index in [4.69, 9.17) is 0 Å². The first-order valence-corrected chi connectivity index (χ1v) is 12.1. The summed E-state index contributed by atoms with van der Waals surface area (Å²) in [4.78, 5) is 49.9. The van der Waals surface area contributed by atoms with Gasteiger partial charge >= 0.3 is 65.4 Å². The number of benzene rings is 1. The van der Waals surface area contributed by atoms with Crippen molar-refractivity contribution in [2.24, 2.45) is 9.98 Å². The molecule has 0 spiro atoms. The molecule has 0 bridgehead atoms. The third-order valence-corrected chi connectivity index (χ3v) is 6.35. The lowest BCUT2D eigenvalue weighted by molar-refractivity contribution is -0.474. The van der Waals surface area contributed by atoms with Gasteiger partial charge in [0.2, 0.25) is 12.2 Å². The molecule has 1 aromatic carbocycles. The molecule has 0 unspecified atom stereocenters. The van der Waals surface area contributed by atoms with E-state index in [9.17, 15) is 93.8 Å². The average molecular weight is 807 g/mol. The second-order valence-corrected chi connectivity index (χ2v) is 9.67. The second kappa shape index (κ2) is 13.5. The van der Waals surface area contributed by atoms with Crippen molar-refractivity contribution in [1.82, 2.24) is 5.32 Å². The van der Waals surface area contributed by atoms with E-state index >= 15 is 17.6 Å². The Morgan fingerprint density at radius 1 is 0.635 bits per heavy atom. The summed E-state index contributed by atoms with van der Waals surface area (Å²) in [6.45, 7) is -0.613. The Morgan fingerprint density at radius 3 is 1.35 bits per heavy atom. The van der Waals surface area contributed by atoms with Crippen LogP contribution in [0.4, 0.5) is 104 Å². The maximum absolute atomic E-state index is 15.5. The zero-order valence-corrected chi connectivity index (χ0v) is 24.2. The van der Waals surface area contributed by atoms with E-state index in [2.05, 4.69) is 14.7 Å². The van der Waals surface area contributed by atoms with Gasteiger partial charge in [-0.1, -0.05) is 0 Å². The highest BCUT2D eigenvalue weighted by Gasteiger charge is 2.98. The maximum Gasteiger partial charge on any atom is 0.460 e. The predicted molar refractivity (Wildman–Crippen MR) is 120 cm³/mol. The maximum atomic E-state index is 15.5. The number of alkyl halides is 21. The standard InChI is InChI=1S/C23H10F21N3O5/c1-7-3-9(45-4-48)10(13(51)47-6-52-8(2)50)11(12(7)46-5-49)14(24,25)15(26,27)16(28,29)17(30,31)18(32,33)19(34,35)20(36,37)21(38,39)22(40,41)23(42,43)44/h3H,6H2,1-2H3,(H,47,51). The van der Waals surface area contributed by atoms with Crippen LogP contribution in [0.25, 0.3) is 0 Å². The molecule has 1 N–H and O–H groups in total. The van der Waals surface area contributed by atoms with E-state index in [1.165, 1.54) is 5.32 Å². The van der Waals surface area contributed by atoms with Gasteiger partial charge in [0.1, 0.15) is 0 Å². The molecule has 294 valence electrons. The van der Waals surface area contributed by atoms with Gasteiger partial charge in [-0.05, 0) is 18.6 Å². The molecule has 0 atom stereocenters. The molecular formula is C23H10F21N3O5. The molecule has 1 amide bonds. The number of hydrogen-bond acceptors (Lipinski definition) is 7. The summed E-state index contributed by atoms with van der Waals surface area (Å²) in [5.74, 6) is -84.4. The van der Waals surface area contributed by atoms with Crippen LogP contribution in [0.15, 0.2) is 16.1 Å². The monoisotopic (exact) mass is 807 g/mol. The van der Waals surface area contributed by atoms with Crippen molar-refractivity contribution < 1.29 is 116 Å². The fourth-order valence-electron chi connectivity index (χ4n) is 3.66. The van der Waals surface area contributed by atoms with Gasteiger partial charge < -0.3 is 10.1 Å². The molecule has 29 heteroatoms. The van der Waals surface area contributed by atoms with Gasteiger partial charge in [0.05, 0.1) is 22.5 Å². The smallest absolute Gasteiger partial charge is 0.445 e. The number of aliphatic imine (C=N–C) groups is 2. The van der Waals surface area contributed by atoms with Crippen LogP contribution in [-0.4, -0.2) is 84.3 Å². The van der Waals surface area contributed by atoms with Crippen LogP contribution in [0.5, 0.6) is 0 Å². The second-order valence-electron chi connectivity index (χ2n) is 9.67. The number of ether oxygens (including phenoxy) is 1. The summed E-state index contributed by atoms with van der Waals surface area (Å²) in [7, 11) is 0. The zero-order chi connectivity index (χ0) is 41.7. The summed E-state index contributed by atoms with van der Waals surface area (Å²) in [5.41, 5.74) is -11.2. The molecule has 0 aliphatic rings. The van der Waals surface area contributed by atoms with E-state index in [0.29, 0.717) is 19.9 Å². The topological polar surface area (TPSA) is 114 Å². The van der Waals surface area contributed by atoms with Gasteiger partial charge in [-0.3, -0.25) is 9.59 Å². The Morgan fingerprint density at radius 2 is 1.00 bits per heavy atom. The highest BCUT2D eigenvalue weighted by Crippen LogP contribution is 2.67. The number of hydrogen-bond donors (Lipinski definition) is 1. The van der Waals surface area contributed by atoms with Crippen molar-refractivity contribution in [3.63, 3.8) is 0 Å². The largest absolute Gasteiger partial charge is 0.460 e. The Hall–Kier alpha value is -4.55. The van der Waals surface area contributed by atoms with Crippen LogP contribution < -0.4 is 5.32 Å². The number of carbonyl (C=O) groups is 2. The first kappa shape index (κ1) is 45.5. The van der Waals surface area contributed by atoms with Gasteiger partial charge in [-0.2, -0.15) is 102 Å². The molecule has 0 saturated heterocycles. The summed E-state index contributed by atoms with van der Waals surface area (Å²) >= 11 is 0. The number of amides is 1. The van der Waals surface area contributed by atoms with Crippen LogP contribution >= 0.6 is 0 Å². The molecule has 1 rings (SSSR count). The lowest BCUT2D eigenvalue weighted by atomic mass is 9.83. The Balaban J connectivity index is 4.30.